The number of Topliss-reactive ketones (excluding diaryl/α,β-unsaturated/α-hetero) is 1. The summed E-state index contributed by atoms with van der Waals surface area (Å²) in [5.41, 5.74) is 1.49. The molecule has 0 heterocycles. The highest BCUT2D eigenvalue weighted by molar-refractivity contribution is 7.87. The molecule has 5 nitrogen and oxygen atoms in total. The van der Waals surface area contributed by atoms with E-state index in [2.05, 4.69) is 13.8 Å². The minimum Gasteiger partial charge on any atom is -0.493 e. The molecule has 0 fully saturated rings. The van der Waals surface area contributed by atoms with Gasteiger partial charge in [0, 0.05) is 5.56 Å². The number of hydrogen-bond donors (Lipinski definition) is 0. The second-order valence-corrected chi connectivity index (χ2v) is 7.38. The van der Waals surface area contributed by atoms with Crippen LogP contribution in [0.5, 0.6) is 11.5 Å². The van der Waals surface area contributed by atoms with Crippen molar-refractivity contribution in [3.8, 4) is 11.5 Å². The fourth-order valence-corrected chi connectivity index (χ4v) is 3.26. The maximum Gasteiger partial charge on any atom is 0.339 e. The molecule has 0 bridgehead atoms. The molecule has 0 aromatic heterocycles. The molecule has 0 saturated heterocycles. The number of rotatable bonds is 7. The van der Waals surface area contributed by atoms with Crippen molar-refractivity contribution in [3.63, 3.8) is 0 Å². The van der Waals surface area contributed by atoms with Gasteiger partial charge in [0.1, 0.15) is 4.90 Å². The summed E-state index contributed by atoms with van der Waals surface area (Å²) in [5, 5.41) is 0. The van der Waals surface area contributed by atoms with E-state index < -0.39 is 10.1 Å². The topological polar surface area (TPSA) is 69.7 Å². The minimum absolute atomic E-state index is 0.0403. The van der Waals surface area contributed by atoms with Gasteiger partial charge < -0.3 is 8.92 Å². The fraction of sp³-hybridized carbons (Fsp3) is 0.316. The molecule has 6 heteroatoms. The first-order valence-electron chi connectivity index (χ1n) is 8.02. The van der Waals surface area contributed by atoms with E-state index in [0.717, 1.165) is 12.0 Å². The maximum atomic E-state index is 12.5. The summed E-state index contributed by atoms with van der Waals surface area (Å²) in [6.07, 6.45) is 0.974. The van der Waals surface area contributed by atoms with Crippen LogP contribution < -0.4 is 8.92 Å². The summed E-state index contributed by atoms with van der Waals surface area (Å²) in [4.78, 5) is 11.5. The smallest absolute Gasteiger partial charge is 0.339 e. The molecule has 2 aromatic rings. The third-order valence-electron chi connectivity index (χ3n) is 4.12. The number of ketones is 1. The van der Waals surface area contributed by atoms with Gasteiger partial charge in [0.25, 0.3) is 0 Å². The van der Waals surface area contributed by atoms with E-state index in [-0.39, 0.29) is 22.2 Å². The summed E-state index contributed by atoms with van der Waals surface area (Å²) in [5.74, 6) is 0.441. The Morgan fingerprint density at radius 1 is 1.08 bits per heavy atom. The predicted molar refractivity (Wildman–Crippen MR) is 96.0 cm³/mol. The van der Waals surface area contributed by atoms with Crippen LogP contribution in [0, 0.1) is 0 Å². The van der Waals surface area contributed by atoms with E-state index in [0.29, 0.717) is 11.5 Å². The molecule has 134 valence electrons. The lowest BCUT2D eigenvalue weighted by atomic mass is 9.99. The Balaban J connectivity index is 2.31. The van der Waals surface area contributed by atoms with E-state index >= 15 is 0 Å². The predicted octanol–water partition coefficient (Wildman–Crippen LogP) is 4.18. The maximum absolute atomic E-state index is 12.5. The van der Waals surface area contributed by atoms with Crippen LogP contribution in [0.1, 0.15) is 49.0 Å². The fourth-order valence-electron chi connectivity index (χ4n) is 2.32. The van der Waals surface area contributed by atoms with Crippen LogP contribution in [-0.4, -0.2) is 21.3 Å². The second kappa shape index (κ2) is 7.70. The zero-order valence-corrected chi connectivity index (χ0v) is 15.6. The molecule has 2 aromatic carbocycles. The van der Waals surface area contributed by atoms with Gasteiger partial charge >= 0.3 is 10.1 Å². The molecule has 0 radical (unpaired) electrons. The summed E-state index contributed by atoms with van der Waals surface area (Å²) in [7, 11) is -2.60. The molecule has 1 atom stereocenters. The Bertz CT molecular complexity index is 854. The van der Waals surface area contributed by atoms with Crippen molar-refractivity contribution in [1.82, 2.24) is 0 Å². The average molecular weight is 362 g/mol. The monoisotopic (exact) mass is 362 g/mol. The van der Waals surface area contributed by atoms with Crippen molar-refractivity contribution in [2.75, 3.05) is 7.11 Å². The number of carbonyl (C=O) groups is 1. The molecule has 2 rings (SSSR count). The number of carbonyl (C=O) groups excluding carboxylic acids is 1. The summed E-state index contributed by atoms with van der Waals surface area (Å²) in [6.45, 7) is 5.59. The quantitative estimate of drug-likeness (QED) is 0.546. The molecule has 0 aliphatic carbocycles. The molecule has 0 aliphatic rings. The Morgan fingerprint density at radius 3 is 2.24 bits per heavy atom. The molecular formula is C19H22O5S. The van der Waals surface area contributed by atoms with E-state index in [1.165, 1.54) is 44.4 Å². The largest absolute Gasteiger partial charge is 0.493 e. The van der Waals surface area contributed by atoms with Gasteiger partial charge in [0.05, 0.1) is 7.11 Å². The highest BCUT2D eigenvalue weighted by atomic mass is 32.2. The Morgan fingerprint density at radius 2 is 1.72 bits per heavy atom. The summed E-state index contributed by atoms with van der Waals surface area (Å²) in [6, 6.07) is 11.0. The average Bonchev–Trinajstić information content (AvgIpc) is 2.61. The molecular weight excluding hydrogens is 340 g/mol. The van der Waals surface area contributed by atoms with Crippen molar-refractivity contribution in [2.24, 2.45) is 0 Å². The van der Waals surface area contributed by atoms with Gasteiger partial charge in [-0.3, -0.25) is 4.79 Å². The number of ether oxygens (including phenoxy) is 1. The lowest BCUT2D eigenvalue weighted by Crippen LogP contribution is -2.11. The standard InChI is InChI=1S/C19H22O5S/c1-5-13(2)15-6-9-17(10-7-15)25(21,22)24-18-11-8-16(14(3)20)12-19(18)23-4/h6-13H,5H2,1-4H3. The molecule has 0 N–H and O–H groups in total. The van der Waals surface area contributed by atoms with Crippen molar-refractivity contribution in [1.29, 1.82) is 0 Å². The van der Waals surface area contributed by atoms with Crippen molar-refractivity contribution < 1.29 is 22.1 Å². The van der Waals surface area contributed by atoms with Gasteiger partial charge in [0.2, 0.25) is 0 Å². The Kier molecular flexibility index (Phi) is 5.85. The van der Waals surface area contributed by atoms with Gasteiger partial charge in [-0.25, -0.2) is 0 Å². The zero-order valence-electron chi connectivity index (χ0n) is 14.8. The first kappa shape index (κ1) is 19.0. The number of methoxy groups -OCH3 is 1. The van der Waals surface area contributed by atoms with Crippen LogP contribution in [-0.2, 0) is 10.1 Å². The van der Waals surface area contributed by atoms with Crippen LogP contribution in [0.3, 0.4) is 0 Å². The first-order chi connectivity index (χ1) is 11.8. The Hall–Kier alpha value is -2.34. The lowest BCUT2D eigenvalue weighted by molar-refractivity contribution is 0.101. The highest BCUT2D eigenvalue weighted by Crippen LogP contribution is 2.31. The number of benzene rings is 2. The first-order valence-corrected chi connectivity index (χ1v) is 9.42. The van der Waals surface area contributed by atoms with E-state index in [1.54, 1.807) is 12.1 Å². The molecule has 25 heavy (non-hydrogen) atoms. The number of hydrogen-bond acceptors (Lipinski definition) is 5. The zero-order chi connectivity index (χ0) is 18.6. The van der Waals surface area contributed by atoms with Gasteiger partial charge in [0.15, 0.2) is 17.3 Å². The van der Waals surface area contributed by atoms with Gasteiger partial charge in [-0.2, -0.15) is 8.42 Å². The van der Waals surface area contributed by atoms with Crippen LogP contribution in [0.15, 0.2) is 47.4 Å². The van der Waals surface area contributed by atoms with Gasteiger partial charge in [-0.1, -0.05) is 26.0 Å². The molecule has 0 aliphatic heterocycles. The summed E-state index contributed by atoms with van der Waals surface area (Å²) >= 11 is 0. The van der Waals surface area contributed by atoms with Gasteiger partial charge in [-0.15, -0.1) is 0 Å². The third-order valence-corrected chi connectivity index (χ3v) is 5.37. The van der Waals surface area contributed by atoms with Crippen LogP contribution in [0.2, 0.25) is 0 Å². The molecule has 0 amide bonds. The van der Waals surface area contributed by atoms with Crippen LogP contribution in [0.4, 0.5) is 0 Å². The molecule has 0 saturated carbocycles. The highest BCUT2D eigenvalue weighted by Gasteiger charge is 2.20. The second-order valence-electron chi connectivity index (χ2n) is 5.84. The van der Waals surface area contributed by atoms with Gasteiger partial charge in [-0.05, 0) is 55.2 Å². The lowest BCUT2D eigenvalue weighted by Gasteiger charge is -2.13. The molecule has 1 unspecified atom stereocenters. The Labute approximate surface area is 148 Å². The molecule has 0 spiro atoms. The minimum atomic E-state index is -3.99. The van der Waals surface area contributed by atoms with E-state index in [9.17, 15) is 13.2 Å². The summed E-state index contributed by atoms with van der Waals surface area (Å²) < 4.78 is 35.3. The van der Waals surface area contributed by atoms with Crippen molar-refractivity contribution in [3.05, 3.63) is 53.6 Å². The van der Waals surface area contributed by atoms with Crippen molar-refractivity contribution in [2.45, 2.75) is 38.0 Å². The van der Waals surface area contributed by atoms with E-state index in [1.807, 2.05) is 0 Å². The van der Waals surface area contributed by atoms with Crippen molar-refractivity contribution >= 4 is 15.9 Å². The third kappa shape index (κ3) is 4.39. The van der Waals surface area contributed by atoms with Crippen LogP contribution in [0.25, 0.3) is 0 Å². The SMILES string of the molecule is CCC(C)c1ccc(S(=O)(=O)Oc2ccc(C(C)=O)cc2OC)cc1. The normalized spacial score (nSPS) is 12.5. The van der Waals surface area contributed by atoms with Crippen LogP contribution >= 0.6 is 0 Å². The van der Waals surface area contributed by atoms with E-state index in [4.69, 9.17) is 8.92 Å².